The lowest BCUT2D eigenvalue weighted by molar-refractivity contribution is -0.0837. The van der Waals surface area contributed by atoms with E-state index in [1.54, 1.807) is 36.4 Å². The Hall–Kier alpha value is -2.21. The van der Waals surface area contributed by atoms with Crippen molar-refractivity contribution >= 4 is 17.5 Å². The predicted octanol–water partition coefficient (Wildman–Crippen LogP) is 5.42. The van der Waals surface area contributed by atoms with Crippen LogP contribution in [0.2, 0.25) is 0 Å². The van der Waals surface area contributed by atoms with Gasteiger partial charge in [0.1, 0.15) is 5.75 Å². The number of carbonyl (C=O) groups excluding carboxylic acids is 1. The molecule has 0 aliphatic carbocycles. The predicted molar refractivity (Wildman–Crippen MR) is 88.5 cm³/mol. The van der Waals surface area contributed by atoms with Gasteiger partial charge in [-0.2, -0.15) is 13.2 Å². The number of hydrogen-bond donors (Lipinski definition) is 0. The Balaban J connectivity index is 2.31. The number of ether oxygens (including phenoxy) is 1. The molecule has 126 valence electrons. The number of allylic oxidation sites excluding steroid dienone is 2. The summed E-state index contributed by atoms with van der Waals surface area (Å²) in [5.41, 5.74) is 1.09. The van der Waals surface area contributed by atoms with Crippen LogP contribution in [-0.2, 0) is 0 Å². The summed E-state index contributed by atoms with van der Waals surface area (Å²) in [6.45, 7) is 1.85. The van der Waals surface area contributed by atoms with Crippen LogP contribution in [0.15, 0.2) is 64.4 Å². The molecule has 2 aromatic carbocycles. The van der Waals surface area contributed by atoms with Crippen LogP contribution in [0.3, 0.4) is 0 Å². The van der Waals surface area contributed by atoms with Crippen molar-refractivity contribution in [2.45, 2.75) is 18.0 Å². The van der Waals surface area contributed by atoms with E-state index in [9.17, 15) is 18.0 Å². The van der Waals surface area contributed by atoms with Gasteiger partial charge >= 0.3 is 6.18 Å². The number of hydrogen-bond acceptors (Lipinski definition) is 3. The van der Waals surface area contributed by atoms with Gasteiger partial charge in [0.15, 0.2) is 5.78 Å². The number of benzene rings is 2. The van der Waals surface area contributed by atoms with E-state index in [2.05, 4.69) is 0 Å². The zero-order valence-corrected chi connectivity index (χ0v) is 13.9. The Morgan fingerprint density at radius 1 is 1.12 bits per heavy atom. The van der Waals surface area contributed by atoms with Gasteiger partial charge < -0.3 is 4.74 Å². The van der Waals surface area contributed by atoms with Crippen molar-refractivity contribution in [2.75, 3.05) is 7.11 Å². The van der Waals surface area contributed by atoms with Crippen LogP contribution in [-0.4, -0.2) is 19.1 Å². The van der Waals surface area contributed by atoms with Crippen LogP contribution in [0.1, 0.15) is 15.9 Å². The van der Waals surface area contributed by atoms with Crippen molar-refractivity contribution in [3.8, 4) is 5.75 Å². The van der Waals surface area contributed by atoms with E-state index in [1.807, 2.05) is 6.92 Å². The van der Waals surface area contributed by atoms with E-state index in [0.29, 0.717) is 28.5 Å². The fourth-order valence-electron chi connectivity index (χ4n) is 1.88. The molecule has 6 heteroatoms. The van der Waals surface area contributed by atoms with Crippen LogP contribution >= 0.6 is 11.8 Å². The summed E-state index contributed by atoms with van der Waals surface area (Å²) in [6, 6.07) is 12.7. The summed E-state index contributed by atoms with van der Waals surface area (Å²) in [4.78, 5) is 11.6. The van der Waals surface area contributed by atoms with Crippen LogP contribution in [0.25, 0.3) is 0 Å². The molecule has 2 aromatic rings. The standard InChI is InChI=1S/C18H15F3O2S/c1-12-6-8-15(9-7-12)24-17(18(19,20)21)11-16(22)13-4-3-5-14(10-13)23-2/h3-11H,1-2H3/b17-11-. The minimum absolute atomic E-state index is 0.139. The van der Waals surface area contributed by atoms with E-state index in [-0.39, 0.29) is 5.56 Å². The molecule has 0 aliphatic heterocycles. The largest absolute Gasteiger partial charge is 0.497 e. The number of alkyl halides is 3. The van der Waals surface area contributed by atoms with Crippen LogP contribution in [0.5, 0.6) is 5.75 Å². The zero-order valence-electron chi connectivity index (χ0n) is 13.1. The summed E-state index contributed by atoms with van der Waals surface area (Å²) in [5, 5.41) is 0. The van der Waals surface area contributed by atoms with Gasteiger partial charge in [0.25, 0.3) is 0 Å². The molecule has 0 atom stereocenters. The van der Waals surface area contributed by atoms with Crippen molar-refractivity contribution in [2.24, 2.45) is 0 Å². The molecule has 0 aromatic heterocycles. The lowest BCUT2D eigenvalue weighted by Crippen LogP contribution is -2.11. The molecule has 0 saturated carbocycles. The fraction of sp³-hybridized carbons (Fsp3) is 0.167. The second-order valence-corrected chi connectivity index (χ2v) is 6.13. The number of ketones is 1. The lowest BCUT2D eigenvalue weighted by atomic mass is 10.1. The number of methoxy groups -OCH3 is 1. The first kappa shape index (κ1) is 18.1. The van der Waals surface area contributed by atoms with Gasteiger partial charge in [-0.1, -0.05) is 41.6 Å². The number of halogens is 3. The van der Waals surface area contributed by atoms with Crippen molar-refractivity contribution in [3.63, 3.8) is 0 Å². The summed E-state index contributed by atoms with van der Waals surface area (Å²) in [7, 11) is 1.42. The van der Waals surface area contributed by atoms with Crippen LogP contribution in [0, 0.1) is 6.92 Å². The highest BCUT2D eigenvalue weighted by atomic mass is 32.2. The molecule has 0 saturated heterocycles. The van der Waals surface area contributed by atoms with Crippen LogP contribution < -0.4 is 4.74 Å². The number of aryl methyl sites for hydroxylation is 1. The molecule has 0 aliphatic rings. The summed E-state index contributed by atoms with van der Waals surface area (Å²) >= 11 is 0.521. The van der Waals surface area contributed by atoms with E-state index in [1.165, 1.54) is 19.2 Å². The Labute approximate surface area is 142 Å². The average Bonchev–Trinajstić information content (AvgIpc) is 2.55. The molecule has 0 amide bonds. The van der Waals surface area contributed by atoms with Gasteiger partial charge in [0, 0.05) is 16.5 Å². The molecule has 0 spiro atoms. The minimum atomic E-state index is -4.61. The molecular weight excluding hydrogens is 337 g/mol. The lowest BCUT2D eigenvalue weighted by Gasteiger charge is -2.11. The number of carbonyl (C=O) groups is 1. The van der Waals surface area contributed by atoms with Crippen molar-refractivity contribution in [1.82, 2.24) is 0 Å². The molecule has 0 unspecified atom stereocenters. The second-order valence-electron chi connectivity index (χ2n) is 5.02. The summed E-state index contributed by atoms with van der Waals surface area (Å²) in [5.74, 6) is -0.310. The average molecular weight is 352 g/mol. The number of thioether (sulfide) groups is 1. The third-order valence-electron chi connectivity index (χ3n) is 3.14. The number of rotatable bonds is 5. The van der Waals surface area contributed by atoms with Gasteiger partial charge in [0.2, 0.25) is 0 Å². The fourth-order valence-corrected chi connectivity index (χ4v) is 2.69. The van der Waals surface area contributed by atoms with Crippen molar-refractivity contribution < 1.29 is 22.7 Å². The molecule has 2 nitrogen and oxygen atoms in total. The Bertz CT molecular complexity index is 750. The highest BCUT2D eigenvalue weighted by Crippen LogP contribution is 2.39. The molecule has 0 heterocycles. The van der Waals surface area contributed by atoms with E-state index < -0.39 is 16.9 Å². The summed E-state index contributed by atoms with van der Waals surface area (Å²) in [6.07, 6.45) is -3.98. The van der Waals surface area contributed by atoms with Gasteiger partial charge in [0.05, 0.1) is 12.0 Å². The normalized spacial score (nSPS) is 12.1. The maximum absolute atomic E-state index is 13.2. The van der Waals surface area contributed by atoms with Crippen LogP contribution in [0.4, 0.5) is 13.2 Å². The van der Waals surface area contributed by atoms with Crippen molar-refractivity contribution in [1.29, 1.82) is 0 Å². The first-order valence-electron chi connectivity index (χ1n) is 7.01. The third kappa shape index (κ3) is 4.89. The Kier molecular flexibility index (Phi) is 5.72. The smallest absolute Gasteiger partial charge is 0.422 e. The Morgan fingerprint density at radius 3 is 2.38 bits per heavy atom. The first-order chi connectivity index (χ1) is 11.3. The van der Waals surface area contributed by atoms with Gasteiger partial charge in [-0.3, -0.25) is 4.79 Å². The summed E-state index contributed by atoms with van der Waals surface area (Å²) < 4.78 is 44.7. The maximum Gasteiger partial charge on any atom is 0.422 e. The van der Waals surface area contributed by atoms with Crippen molar-refractivity contribution in [3.05, 3.63) is 70.6 Å². The second kappa shape index (κ2) is 7.57. The molecule has 0 bridgehead atoms. The molecule has 24 heavy (non-hydrogen) atoms. The molecule has 0 fully saturated rings. The molecule has 0 N–H and O–H groups in total. The maximum atomic E-state index is 13.2. The minimum Gasteiger partial charge on any atom is -0.497 e. The highest BCUT2D eigenvalue weighted by Gasteiger charge is 2.35. The van der Waals surface area contributed by atoms with Gasteiger partial charge in [-0.25, -0.2) is 0 Å². The topological polar surface area (TPSA) is 26.3 Å². The SMILES string of the molecule is COc1cccc(C(=O)/C=C(\Sc2ccc(C)cc2)C(F)(F)F)c1. The molecule has 2 rings (SSSR count). The highest BCUT2D eigenvalue weighted by molar-refractivity contribution is 8.03. The van der Waals surface area contributed by atoms with E-state index in [0.717, 1.165) is 5.56 Å². The third-order valence-corrected chi connectivity index (χ3v) is 4.22. The van der Waals surface area contributed by atoms with Gasteiger partial charge in [-0.05, 0) is 31.2 Å². The van der Waals surface area contributed by atoms with Gasteiger partial charge in [-0.15, -0.1) is 0 Å². The first-order valence-corrected chi connectivity index (χ1v) is 7.83. The zero-order chi connectivity index (χ0) is 17.7. The van der Waals surface area contributed by atoms with E-state index in [4.69, 9.17) is 4.74 Å². The quantitative estimate of drug-likeness (QED) is 0.408. The monoisotopic (exact) mass is 352 g/mol. The molecular formula is C18H15F3O2S. The molecule has 0 radical (unpaired) electrons. The van der Waals surface area contributed by atoms with E-state index >= 15 is 0 Å². The Morgan fingerprint density at radius 2 is 1.79 bits per heavy atom.